The van der Waals surface area contributed by atoms with E-state index in [4.69, 9.17) is 0 Å². The van der Waals surface area contributed by atoms with Gasteiger partial charge in [-0.1, -0.05) is 6.07 Å². The van der Waals surface area contributed by atoms with Crippen LogP contribution in [0, 0.1) is 20.8 Å². The van der Waals surface area contributed by atoms with Crippen LogP contribution in [0.1, 0.15) is 35.1 Å². The van der Waals surface area contributed by atoms with Crippen LogP contribution in [-0.2, 0) is 10.2 Å². The molecule has 1 aliphatic carbocycles. The van der Waals surface area contributed by atoms with E-state index in [0.717, 1.165) is 16.7 Å². The highest BCUT2D eigenvalue weighted by Crippen LogP contribution is 2.52. The Morgan fingerprint density at radius 2 is 1.79 bits per heavy atom. The molecule has 0 atom stereocenters. The molecule has 170 valence electrons. The van der Waals surface area contributed by atoms with Gasteiger partial charge >= 0.3 is 6.29 Å². The lowest BCUT2D eigenvalue weighted by molar-refractivity contribution is -0.286. The summed E-state index contributed by atoms with van der Waals surface area (Å²) in [5, 5.41) is 2.89. The van der Waals surface area contributed by atoms with E-state index in [9.17, 15) is 18.4 Å². The summed E-state index contributed by atoms with van der Waals surface area (Å²) in [6.45, 7) is 5.56. The summed E-state index contributed by atoms with van der Waals surface area (Å²) >= 11 is 0. The Bertz CT molecular complexity index is 1360. The Kier molecular flexibility index (Phi) is 4.56. The van der Waals surface area contributed by atoms with Crippen molar-refractivity contribution >= 4 is 11.7 Å². The Morgan fingerprint density at radius 3 is 2.48 bits per heavy atom. The molecule has 1 saturated carbocycles. The van der Waals surface area contributed by atoms with Crippen molar-refractivity contribution in [1.82, 2.24) is 9.97 Å². The molecule has 1 amide bonds. The molecule has 1 aromatic carbocycles. The molecular weight excluding hydrogens is 432 g/mol. The zero-order valence-corrected chi connectivity index (χ0v) is 18.2. The van der Waals surface area contributed by atoms with E-state index in [2.05, 4.69) is 24.8 Å². The van der Waals surface area contributed by atoms with Gasteiger partial charge in [-0.15, -0.1) is 8.78 Å². The number of aromatic amines is 1. The van der Waals surface area contributed by atoms with E-state index in [0.29, 0.717) is 35.5 Å². The number of hydrogen-bond acceptors (Lipinski definition) is 5. The number of nitrogens with zero attached hydrogens (tertiary/aromatic N) is 1. The Labute approximate surface area is 187 Å². The van der Waals surface area contributed by atoms with Gasteiger partial charge in [0.25, 0.3) is 5.56 Å². The van der Waals surface area contributed by atoms with Gasteiger partial charge in [0.15, 0.2) is 11.5 Å². The maximum Gasteiger partial charge on any atom is 0.586 e. The number of H-pyrrole nitrogens is 1. The monoisotopic (exact) mass is 453 g/mol. The van der Waals surface area contributed by atoms with Gasteiger partial charge in [0.1, 0.15) is 5.82 Å². The first kappa shape index (κ1) is 21.1. The van der Waals surface area contributed by atoms with E-state index >= 15 is 0 Å². The van der Waals surface area contributed by atoms with Crippen LogP contribution in [0.5, 0.6) is 11.5 Å². The third kappa shape index (κ3) is 3.63. The van der Waals surface area contributed by atoms with E-state index in [1.807, 2.05) is 13.8 Å². The average Bonchev–Trinajstić information content (AvgIpc) is 3.50. The summed E-state index contributed by atoms with van der Waals surface area (Å²) in [6, 6.07) is 7.98. The molecule has 3 aromatic rings. The number of ether oxygens (including phenoxy) is 2. The number of alkyl halides is 2. The Balaban J connectivity index is 1.44. The topological polar surface area (TPSA) is 93.3 Å². The normalized spacial score (nSPS) is 17.0. The largest absolute Gasteiger partial charge is 0.586 e. The zero-order valence-electron chi connectivity index (χ0n) is 18.2. The summed E-state index contributed by atoms with van der Waals surface area (Å²) < 4.78 is 35.7. The number of aryl methyl sites for hydroxylation is 2. The third-order valence-electron chi connectivity index (χ3n) is 6.27. The van der Waals surface area contributed by atoms with Gasteiger partial charge in [-0.25, -0.2) is 4.98 Å². The number of aromatic nitrogens is 2. The predicted molar refractivity (Wildman–Crippen MR) is 117 cm³/mol. The van der Waals surface area contributed by atoms with Crippen LogP contribution in [0.25, 0.3) is 11.3 Å². The van der Waals surface area contributed by atoms with E-state index in [1.54, 1.807) is 31.3 Å². The minimum absolute atomic E-state index is 0.0587. The fourth-order valence-electron chi connectivity index (χ4n) is 4.07. The van der Waals surface area contributed by atoms with Gasteiger partial charge in [0.05, 0.1) is 11.1 Å². The van der Waals surface area contributed by atoms with E-state index < -0.39 is 11.7 Å². The second-order valence-corrected chi connectivity index (χ2v) is 8.56. The summed E-state index contributed by atoms with van der Waals surface area (Å²) in [6.07, 6.45) is -0.961. The predicted octanol–water partition coefficient (Wildman–Crippen LogP) is 4.35. The van der Waals surface area contributed by atoms with Crippen molar-refractivity contribution in [3.63, 3.8) is 0 Å². The minimum Gasteiger partial charge on any atom is -0.395 e. The number of pyridine rings is 2. The highest BCUT2D eigenvalue weighted by Gasteiger charge is 2.53. The van der Waals surface area contributed by atoms with Gasteiger partial charge in [-0.2, -0.15) is 0 Å². The van der Waals surface area contributed by atoms with Crippen molar-refractivity contribution in [2.75, 3.05) is 5.32 Å². The number of carbonyl (C=O) groups is 1. The molecule has 33 heavy (non-hydrogen) atoms. The molecule has 2 aromatic heterocycles. The van der Waals surface area contributed by atoms with Crippen LogP contribution in [0.2, 0.25) is 0 Å². The number of anilines is 1. The number of halogens is 2. The lowest BCUT2D eigenvalue weighted by atomic mass is 9.94. The molecule has 0 saturated heterocycles. The number of carbonyl (C=O) groups excluding carboxylic acids is 1. The number of nitrogens with one attached hydrogen (secondary N) is 2. The second-order valence-electron chi connectivity index (χ2n) is 8.56. The van der Waals surface area contributed by atoms with Crippen molar-refractivity contribution in [3.8, 4) is 22.8 Å². The van der Waals surface area contributed by atoms with Crippen LogP contribution in [0.3, 0.4) is 0 Å². The molecule has 0 bridgehead atoms. The molecule has 0 spiro atoms. The van der Waals surface area contributed by atoms with Gasteiger partial charge in [-0.05, 0) is 74.6 Å². The quantitative estimate of drug-likeness (QED) is 0.613. The number of benzene rings is 1. The van der Waals surface area contributed by atoms with Crippen molar-refractivity contribution < 1.29 is 23.0 Å². The van der Waals surface area contributed by atoms with Crippen LogP contribution >= 0.6 is 0 Å². The van der Waals surface area contributed by atoms with Crippen molar-refractivity contribution in [2.45, 2.75) is 45.3 Å². The minimum atomic E-state index is -3.71. The lowest BCUT2D eigenvalue weighted by Gasteiger charge is -2.17. The first-order chi connectivity index (χ1) is 15.6. The van der Waals surface area contributed by atoms with Crippen LogP contribution in [0.4, 0.5) is 14.6 Å². The fraction of sp³-hybridized carbons (Fsp3) is 0.292. The zero-order chi connectivity index (χ0) is 23.5. The van der Waals surface area contributed by atoms with E-state index in [-0.39, 0.29) is 23.0 Å². The van der Waals surface area contributed by atoms with Crippen LogP contribution in [-0.4, -0.2) is 22.2 Å². The maximum atomic E-state index is 13.4. The maximum absolute atomic E-state index is 13.4. The molecule has 2 N–H and O–H groups in total. The molecule has 1 aliphatic heterocycles. The lowest BCUT2D eigenvalue weighted by Crippen LogP contribution is -2.28. The summed E-state index contributed by atoms with van der Waals surface area (Å²) in [5.74, 6) is -0.0405. The molecule has 2 aliphatic rings. The Morgan fingerprint density at radius 1 is 1.06 bits per heavy atom. The second kappa shape index (κ2) is 7.13. The molecule has 9 heteroatoms. The van der Waals surface area contributed by atoms with Crippen molar-refractivity contribution in [1.29, 1.82) is 0 Å². The first-order valence-electron chi connectivity index (χ1n) is 10.5. The fourth-order valence-corrected chi connectivity index (χ4v) is 4.07. The highest BCUT2D eigenvalue weighted by atomic mass is 19.3. The van der Waals surface area contributed by atoms with E-state index in [1.165, 1.54) is 12.1 Å². The number of fused-ring (bicyclic) bond motifs is 1. The third-order valence-corrected chi connectivity index (χ3v) is 6.27. The SMILES string of the molecule is Cc1cc(NC(=O)C2(c3ccc4c(c3)OC(F)(F)O4)CC2)nc(-c2c[nH]c(=O)c(C)c2)c1C. The van der Waals surface area contributed by atoms with Gasteiger partial charge in [0, 0.05) is 17.3 Å². The van der Waals surface area contributed by atoms with Crippen molar-refractivity contribution in [2.24, 2.45) is 0 Å². The molecule has 1 fully saturated rings. The summed E-state index contributed by atoms with van der Waals surface area (Å²) in [5.41, 5.74) is 3.38. The first-order valence-corrected chi connectivity index (χ1v) is 10.5. The van der Waals surface area contributed by atoms with Crippen LogP contribution in [0.15, 0.2) is 41.3 Å². The smallest absolute Gasteiger partial charge is 0.395 e. The van der Waals surface area contributed by atoms with Gasteiger partial charge < -0.3 is 19.8 Å². The molecule has 0 unspecified atom stereocenters. The van der Waals surface area contributed by atoms with Crippen molar-refractivity contribution in [3.05, 3.63) is 69.1 Å². The summed E-state index contributed by atoms with van der Waals surface area (Å²) in [7, 11) is 0. The standard InChI is InChI=1S/C24H21F2N3O4/c1-12-9-19(28-20(14(12)3)15-8-13(2)21(30)27-11-15)29-22(31)23(6-7-23)16-4-5-17-18(10-16)33-24(25,26)32-17/h4-5,8-11H,6-7H2,1-3H3,(H,27,30)(H,28,29,31). The number of hydrogen-bond donors (Lipinski definition) is 2. The number of amides is 1. The van der Waals surface area contributed by atoms with Crippen LogP contribution < -0.4 is 20.3 Å². The summed E-state index contributed by atoms with van der Waals surface area (Å²) in [4.78, 5) is 32.3. The average molecular weight is 453 g/mol. The molecule has 3 heterocycles. The molecular formula is C24H21F2N3O4. The molecule has 0 radical (unpaired) electrons. The van der Waals surface area contributed by atoms with Gasteiger partial charge in [-0.3, -0.25) is 9.59 Å². The molecule has 7 nitrogen and oxygen atoms in total. The van der Waals surface area contributed by atoms with Gasteiger partial charge in [0.2, 0.25) is 5.91 Å². The molecule has 5 rings (SSSR count). The number of rotatable bonds is 4. The Hall–Kier alpha value is -3.75. The highest BCUT2D eigenvalue weighted by molar-refractivity contribution is 6.01.